The summed E-state index contributed by atoms with van der Waals surface area (Å²) in [6, 6.07) is 7.39. The number of benzene rings is 1. The highest BCUT2D eigenvalue weighted by Crippen LogP contribution is 2.25. The lowest BCUT2D eigenvalue weighted by molar-refractivity contribution is 0.0697. The largest absolute Gasteiger partial charge is 0.493 e. The van der Waals surface area contributed by atoms with Gasteiger partial charge in [-0.2, -0.15) is 0 Å². The molecule has 0 saturated carbocycles. The third kappa shape index (κ3) is 3.21. The van der Waals surface area contributed by atoms with E-state index in [1.165, 1.54) is 0 Å². The van der Waals surface area contributed by atoms with Crippen molar-refractivity contribution in [3.63, 3.8) is 0 Å². The van der Waals surface area contributed by atoms with E-state index >= 15 is 0 Å². The molecule has 3 nitrogen and oxygen atoms in total. The van der Waals surface area contributed by atoms with Crippen molar-refractivity contribution in [1.29, 1.82) is 0 Å². The van der Waals surface area contributed by atoms with Crippen molar-refractivity contribution in [3.8, 4) is 5.75 Å². The van der Waals surface area contributed by atoms with Gasteiger partial charge in [-0.3, -0.25) is 4.79 Å². The fourth-order valence-corrected chi connectivity index (χ4v) is 2.59. The van der Waals surface area contributed by atoms with Gasteiger partial charge in [-0.25, -0.2) is 0 Å². The Balaban J connectivity index is 2.15. The maximum absolute atomic E-state index is 12.5. The second-order valence-corrected chi connectivity index (χ2v) is 5.52. The Hall–Kier alpha value is -1.22. The molecule has 1 aliphatic heterocycles. The molecular formula is C15H20ClNO2. The standard InChI is InChI=1S/C15H20ClNO2/c1-3-19-14-7-5-4-6-12(14)15(18)17-9-8-11(2)13(16)10-17/h4-7,11,13H,3,8-10H2,1-2H3. The van der Waals surface area contributed by atoms with Crippen LogP contribution in [-0.2, 0) is 0 Å². The SMILES string of the molecule is CCOc1ccccc1C(=O)N1CCC(C)C(Cl)C1. The number of alkyl halides is 1. The molecule has 4 heteroatoms. The van der Waals surface area contributed by atoms with Gasteiger partial charge in [0.05, 0.1) is 17.5 Å². The molecule has 1 aromatic carbocycles. The number of amides is 1. The minimum absolute atomic E-state index is 0.0154. The van der Waals surface area contributed by atoms with Gasteiger partial charge in [0.1, 0.15) is 5.75 Å². The summed E-state index contributed by atoms with van der Waals surface area (Å²) in [5.74, 6) is 1.13. The van der Waals surface area contributed by atoms with Crippen LogP contribution in [0.3, 0.4) is 0 Å². The molecule has 1 amide bonds. The van der Waals surface area contributed by atoms with Gasteiger partial charge in [0.25, 0.3) is 5.91 Å². The van der Waals surface area contributed by atoms with Crippen molar-refractivity contribution in [1.82, 2.24) is 4.90 Å². The van der Waals surface area contributed by atoms with Crippen molar-refractivity contribution in [2.24, 2.45) is 5.92 Å². The number of carbonyl (C=O) groups is 1. The second-order valence-electron chi connectivity index (χ2n) is 4.96. The highest BCUT2D eigenvalue weighted by atomic mass is 35.5. The van der Waals surface area contributed by atoms with Gasteiger partial charge < -0.3 is 9.64 Å². The molecule has 1 heterocycles. The molecule has 2 unspecified atom stereocenters. The third-order valence-electron chi connectivity index (χ3n) is 3.57. The first-order chi connectivity index (χ1) is 9.13. The van der Waals surface area contributed by atoms with Crippen molar-refractivity contribution in [2.75, 3.05) is 19.7 Å². The highest BCUT2D eigenvalue weighted by Gasteiger charge is 2.29. The monoisotopic (exact) mass is 281 g/mol. The van der Waals surface area contributed by atoms with Gasteiger partial charge in [-0.15, -0.1) is 11.6 Å². The quantitative estimate of drug-likeness (QED) is 0.797. The Morgan fingerprint density at radius 3 is 2.89 bits per heavy atom. The lowest BCUT2D eigenvalue weighted by Crippen LogP contribution is -2.43. The van der Waals surface area contributed by atoms with E-state index in [9.17, 15) is 4.79 Å². The van der Waals surface area contributed by atoms with E-state index < -0.39 is 0 Å². The lowest BCUT2D eigenvalue weighted by atomic mass is 9.98. The van der Waals surface area contributed by atoms with Gasteiger partial charge in [0.15, 0.2) is 0 Å². The molecule has 0 aliphatic carbocycles. The number of hydrogen-bond donors (Lipinski definition) is 0. The average molecular weight is 282 g/mol. The fraction of sp³-hybridized carbons (Fsp3) is 0.533. The van der Waals surface area contributed by atoms with E-state index in [1.54, 1.807) is 0 Å². The van der Waals surface area contributed by atoms with E-state index in [2.05, 4.69) is 6.92 Å². The molecule has 1 aliphatic rings. The Labute approximate surface area is 119 Å². The molecule has 2 atom stereocenters. The van der Waals surface area contributed by atoms with Gasteiger partial charge in [0.2, 0.25) is 0 Å². The first-order valence-corrected chi connectivity index (χ1v) is 7.22. The van der Waals surface area contributed by atoms with Crippen LogP contribution in [0.1, 0.15) is 30.6 Å². The van der Waals surface area contributed by atoms with Crippen molar-refractivity contribution >= 4 is 17.5 Å². The zero-order chi connectivity index (χ0) is 13.8. The number of rotatable bonds is 3. The van der Waals surface area contributed by atoms with Crippen molar-refractivity contribution in [3.05, 3.63) is 29.8 Å². The van der Waals surface area contributed by atoms with Crippen LogP contribution in [0.2, 0.25) is 0 Å². The van der Waals surface area contributed by atoms with Crippen LogP contribution in [0.15, 0.2) is 24.3 Å². The maximum Gasteiger partial charge on any atom is 0.257 e. The zero-order valence-electron chi connectivity index (χ0n) is 11.4. The Bertz CT molecular complexity index is 450. The molecule has 1 saturated heterocycles. The Kier molecular flexibility index (Phi) is 4.70. The number of ether oxygens (including phenoxy) is 1. The van der Waals surface area contributed by atoms with E-state index in [1.807, 2.05) is 36.1 Å². The normalized spacial score (nSPS) is 23.2. The predicted octanol–water partition coefficient (Wildman–Crippen LogP) is 3.17. The van der Waals surface area contributed by atoms with Crippen LogP contribution in [0.5, 0.6) is 5.75 Å². The molecule has 0 spiro atoms. The van der Waals surface area contributed by atoms with Gasteiger partial charge in [-0.05, 0) is 31.4 Å². The minimum atomic E-state index is 0.0154. The number of hydrogen-bond acceptors (Lipinski definition) is 2. The average Bonchev–Trinajstić information content (AvgIpc) is 2.42. The Morgan fingerprint density at radius 1 is 1.47 bits per heavy atom. The number of para-hydroxylation sites is 1. The molecular weight excluding hydrogens is 262 g/mol. The summed E-state index contributed by atoms with van der Waals surface area (Å²) in [7, 11) is 0. The number of halogens is 1. The molecule has 0 aromatic heterocycles. The van der Waals surface area contributed by atoms with E-state index in [-0.39, 0.29) is 11.3 Å². The second kappa shape index (κ2) is 6.29. The smallest absolute Gasteiger partial charge is 0.257 e. The molecule has 2 rings (SSSR count). The van der Waals surface area contributed by atoms with E-state index in [0.717, 1.165) is 13.0 Å². The molecule has 104 valence electrons. The summed E-state index contributed by atoms with van der Waals surface area (Å²) in [6.45, 7) is 5.98. The number of likely N-dealkylation sites (tertiary alicyclic amines) is 1. The summed E-state index contributed by atoms with van der Waals surface area (Å²) in [6.07, 6.45) is 0.955. The van der Waals surface area contributed by atoms with Crippen LogP contribution in [0.25, 0.3) is 0 Å². The molecule has 1 fully saturated rings. The number of nitrogens with zero attached hydrogens (tertiary/aromatic N) is 1. The first-order valence-electron chi connectivity index (χ1n) is 6.78. The highest BCUT2D eigenvalue weighted by molar-refractivity contribution is 6.21. The van der Waals surface area contributed by atoms with E-state index in [0.29, 0.717) is 30.4 Å². The Morgan fingerprint density at radius 2 is 2.21 bits per heavy atom. The number of piperidine rings is 1. The maximum atomic E-state index is 12.5. The van der Waals surface area contributed by atoms with Crippen molar-refractivity contribution < 1.29 is 9.53 Å². The predicted molar refractivity (Wildman–Crippen MR) is 76.9 cm³/mol. The summed E-state index contributed by atoms with van der Waals surface area (Å²) < 4.78 is 5.52. The molecule has 0 bridgehead atoms. The van der Waals surface area contributed by atoms with E-state index in [4.69, 9.17) is 16.3 Å². The van der Waals surface area contributed by atoms with Gasteiger partial charge >= 0.3 is 0 Å². The van der Waals surface area contributed by atoms with Crippen LogP contribution in [-0.4, -0.2) is 35.9 Å². The lowest BCUT2D eigenvalue weighted by Gasteiger charge is -2.34. The van der Waals surface area contributed by atoms with Gasteiger partial charge in [0, 0.05) is 13.1 Å². The van der Waals surface area contributed by atoms with Crippen LogP contribution < -0.4 is 4.74 Å². The van der Waals surface area contributed by atoms with Crippen LogP contribution in [0, 0.1) is 5.92 Å². The molecule has 1 aromatic rings. The van der Waals surface area contributed by atoms with Gasteiger partial charge in [-0.1, -0.05) is 19.1 Å². The van der Waals surface area contributed by atoms with Crippen LogP contribution in [0.4, 0.5) is 0 Å². The molecule has 19 heavy (non-hydrogen) atoms. The molecule has 0 radical (unpaired) electrons. The zero-order valence-corrected chi connectivity index (χ0v) is 12.2. The summed E-state index contributed by atoms with van der Waals surface area (Å²) in [4.78, 5) is 14.4. The summed E-state index contributed by atoms with van der Waals surface area (Å²) in [5.41, 5.74) is 0.628. The topological polar surface area (TPSA) is 29.5 Å². The summed E-state index contributed by atoms with van der Waals surface area (Å²) in [5, 5.41) is 0.0388. The third-order valence-corrected chi connectivity index (χ3v) is 4.14. The minimum Gasteiger partial charge on any atom is -0.493 e. The summed E-state index contributed by atoms with van der Waals surface area (Å²) >= 11 is 6.27. The number of carbonyl (C=O) groups excluding carboxylic acids is 1. The van der Waals surface area contributed by atoms with Crippen molar-refractivity contribution in [2.45, 2.75) is 25.6 Å². The first kappa shape index (κ1) is 14.2. The fourth-order valence-electron chi connectivity index (χ4n) is 2.30. The van der Waals surface area contributed by atoms with Crippen LogP contribution >= 0.6 is 11.6 Å². The molecule has 0 N–H and O–H groups in total.